The number of aromatic nitrogens is 3. The predicted molar refractivity (Wildman–Crippen MR) is 101 cm³/mol. The van der Waals surface area contributed by atoms with E-state index in [2.05, 4.69) is 10.3 Å². The molecule has 1 unspecified atom stereocenters. The molecule has 1 saturated heterocycles. The molecule has 1 fully saturated rings. The number of hydrogen-bond acceptors (Lipinski definition) is 6. The Bertz CT molecular complexity index is 909. The first-order valence-electron chi connectivity index (χ1n) is 8.78. The Kier molecular flexibility index (Phi) is 5.15. The van der Waals surface area contributed by atoms with Gasteiger partial charge in [-0.1, -0.05) is 17.3 Å². The molecule has 4 rings (SSSR count). The van der Waals surface area contributed by atoms with Crippen molar-refractivity contribution in [3.8, 4) is 5.75 Å². The molecule has 0 saturated carbocycles. The fourth-order valence-electron chi connectivity index (χ4n) is 3.03. The number of carbonyl (C=O) groups is 1. The summed E-state index contributed by atoms with van der Waals surface area (Å²) in [6, 6.07) is 11.6. The van der Waals surface area contributed by atoms with E-state index in [0.717, 1.165) is 22.8 Å². The van der Waals surface area contributed by atoms with Gasteiger partial charge in [0, 0.05) is 0 Å². The fourth-order valence-corrected chi connectivity index (χ4v) is 4.15. The molecule has 1 atom stereocenters. The van der Waals surface area contributed by atoms with Crippen molar-refractivity contribution in [2.24, 2.45) is 0 Å². The molecule has 0 radical (unpaired) electrons. The van der Waals surface area contributed by atoms with Gasteiger partial charge in [0.1, 0.15) is 22.6 Å². The molecule has 1 aliphatic rings. The van der Waals surface area contributed by atoms with Gasteiger partial charge in [-0.25, -0.2) is 4.68 Å². The highest BCUT2D eigenvalue weighted by molar-refractivity contribution is 8.00. The molecule has 1 aromatic carbocycles. The van der Waals surface area contributed by atoms with Crippen LogP contribution in [0.5, 0.6) is 5.75 Å². The number of furan rings is 1. The summed E-state index contributed by atoms with van der Waals surface area (Å²) in [4.78, 5) is 14.1. The second-order valence-electron chi connectivity index (χ2n) is 6.19. The smallest absolute Gasteiger partial charge is 0.234 e. The minimum Gasteiger partial charge on any atom is -0.494 e. The molecular weight excluding hydrogens is 364 g/mol. The van der Waals surface area contributed by atoms with Gasteiger partial charge in [-0.3, -0.25) is 4.79 Å². The van der Waals surface area contributed by atoms with Crippen LogP contribution in [0.3, 0.4) is 0 Å². The summed E-state index contributed by atoms with van der Waals surface area (Å²) < 4.78 is 12.7. The van der Waals surface area contributed by atoms with Crippen LogP contribution < -0.4 is 4.74 Å². The molecular formula is C19H20N4O3S. The van der Waals surface area contributed by atoms with E-state index < -0.39 is 0 Å². The number of ether oxygens (including phenoxy) is 1. The van der Waals surface area contributed by atoms with Crippen LogP contribution in [0, 0.1) is 0 Å². The molecule has 2 aromatic heterocycles. The summed E-state index contributed by atoms with van der Waals surface area (Å²) in [7, 11) is 0. The van der Waals surface area contributed by atoms with Crippen LogP contribution in [-0.2, 0) is 17.9 Å². The zero-order valence-corrected chi connectivity index (χ0v) is 15.8. The second kappa shape index (κ2) is 7.87. The van der Waals surface area contributed by atoms with Crippen molar-refractivity contribution >= 4 is 17.7 Å². The molecule has 0 aliphatic carbocycles. The largest absolute Gasteiger partial charge is 0.494 e. The highest BCUT2D eigenvalue weighted by atomic mass is 32.2. The molecule has 0 bridgehead atoms. The minimum absolute atomic E-state index is 0.0837. The van der Waals surface area contributed by atoms with Crippen LogP contribution in [0.1, 0.15) is 29.3 Å². The summed E-state index contributed by atoms with van der Waals surface area (Å²) in [5.41, 5.74) is 1.86. The van der Waals surface area contributed by atoms with Crippen LogP contribution in [0.2, 0.25) is 0 Å². The molecule has 27 heavy (non-hydrogen) atoms. The quantitative estimate of drug-likeness (QED) is 0.623. The Morgan fingerprint density at radius 3 is 3.04 bits per heavy atom. The van der Waals surface area contributed by atoms with Gasteiger partial charge < -0.3 is 14.1 Å². The summed E-state index contributed by atoms with van der Waals surface area (Å²) in [5, 5.41) is 8.40. The maximum atomic E-state index is 12.3. The predicted octanol–water partition coefficient (Wildman–Crippen LogP) is 3.09. The van der Waals surface area contributed by atoms with Gasteiger partial charge in [-0.05, 0) is 36.8 Å². The Labute approximate surface area is 161 Å². The van der Waals surface area contributed by atoms with Crippen molar-refractivity contribution < 1.29 is 13.9 Å². The van der Waals surface area contributed by atoms with Crippen LogP contribution in [-0.4, -0.2) is 38.2 Å². The molecule has 1 aliphatic heterocycles. The van der Waals surface area contributed by atoms with Gasteiger partial charge >= 0.3 is 0 Å². The molecule has 0 spiro atoms. The highest BCUT2D eigenvalue weighted by Crippen LogP contribution is 2.38. The van der Waals surface area contributed by atoms with E-state index in [4.69, 9.17) is 9.15 Å². The van der Waals surface area contributed by atoms with Gasteiger partial charge in [0.2, 0.25) is 5.91 Å². The van der Waals surface area contributed by atoms with Gasteiger partial charge in [0.25, 0.3) is 0 Å². The van der Waals surface area contributed by atoms with E-state index in [1.165, 1.54) is 0 Å². The van der Waals surface area contributed by atoms with Crippen LogP contribution in [0.25, 0.3) is 0 Å². The van der Waals surface area contributed by atoms with Crippen molar-refractivity contribution in [1.29, 1.82) is 0 Å². The average molecular weight is 384 g/mol. The third kappa shape index (κ3) is 4.00. The van der Waals surface area contributed by atoms with Crippen LogP contribution in [0.15, 0.2) is 53.3 Å². The lowest BCUT2D eigenvalue weighted by Crippen LogP contribution is -2.27. The van der Waals surface area contributed by atoms with E-state index in [1.54, 1.807) is 27.6 Å². The molecule has 0 N–H and O–H groups in total. The molecule has 7 nitrogen and oxygen atoms in total. The summed E-state index contributed by atoms with van der Waals surface area (Å²) >= 11 is 1.56. The van der Waals surface area contributed by atoms with Crippen molar-refractivity contribution in [1.82, 2.24) is 19.9 Å². The molecule has 3 aromatic rings. The lowest BCUT2D eigenvalue weighted by Gasteiger charge is -2.20. The maximum Gasteiger partial charge on any atom is 0.234 e. The Hall–Kier alpha value is -2.74. The Balaban J connectivity index is 1.48. The third-order valence-corrected chi connectivity index (χ3v) is 5.46. The Morgan fingerprint density at radius 2 is 2.22 bits per heavy atom. The fraction of sp³-hybridized carbons (Fsp3) is 0.316. The van der Waals surface area contributed by atoms with Crippen molar-refractivity contribution in [2.45, 2.75) is 25.4 Å². The second-order valence-corrected chi connectivity index (χ2v) is 7.25. The summed E-state index contributed by atoms with van der Waals surface area (Å²) in [6.07, 6.45) is 3.52. The molecule has 1 amide bonds. The maximum absolute atomic E-state index is 12.3. The number of carbonyl (C=O) groups excluding carboxylic acids is 1. The molecule has 3 heterocycles. The number of hydrogen-bond donors (Lipinski definition) is 0. The number of thioether (sulfide) groups is 1. The van der Waals surface area contributed by atoms with E-state index in [0.29, 0.717) is 25.4 Å². The van der Waals surface area contributed by atoms with Gasteiger partial charge in [-0.2, -0.15) is 0 Å². The lowest BCUT2D eigenvalue weighted by molar-refractivity contribution is -0.128. The Morgan fingerprint density at radius 1 is 1.30 bits per heavy atom. The van der Waals surface area contributed by atoms with E-state index >= 15 is 0 Å². The first-order chi connectivity index (χ1) is 13.2. The summed E-state index contributed by atoms with van der Waals surface area (Å²) in [5.74, 6) is 2.13. The van der Waals surface area contributed by atoms with Crippen molar-refractivity contribution in [2.75, 3.05) is 12.4 Å². The first kappa shape index (κ1) is 17.7. The number of nitrogens with zero attached hydrogens (tertiary/aromatic N) is 4. The van der Waals surface area contributed by atoms with Gasteiger partial charge in [0.05, 0.1) is 37.9 Å². The van der Waals surface area contributed by atoms with Gasteiger partial charge in [-0.15, -0.1) is 16.9 Å². The monoisotopic (exact) mass is 384 g/mol. The summed E-state index contributed by atoms with van der Waals surface area (Å²) in [6.45, 7) is 3.63. The van der Waals surface area contributed by atoms with Gasteiger partial charge in [0.15, 0.2) is 0 Å². The average Bonchev–Trinajstić information content (AvgIpc) is 3.39. The SMILES string of the molecule is CCOc1cccc(Cn2cc(C3SCC(=O)N3Cc3ccco3)nn2)c1. The molecule has 140 valence electrons. The number of benzene rings is 1. The zero-order chi connectivity index (χ0) is 18.6. The van der Waals surface area contributed by atoms with E-state index in [1.807, 2.05) is 49.5 Å². The molecule has 8 heteroatoms. The third-order valence-electron chi connectivity index (χ3n) is 4.24. The van der Waals surface area contributed by atoms with Crippen molar-refractivity contribution in [3.05, 3.63) is 65.9 Å². The topological polar surface area (TPSA) is 73.4 Å². The highest BCUT2D eigenvalue weighted by Gasteiger charge is 2.35. The van der Waals surface area contributed by atoms with E-state index in [9.17, 15) is 4.79 Å². The standard InChI is InChI=1S/C19H20N4O3S/c1-2-25-15-6-3-5-14(9-15)10-22-12-17(20-21-22)19-23(18(24)13-27-19)11-16-7-4-8-26-16/h3-9,12,19H,2,10-11,13H2,1H3. The lowest BCUT2D eigenvalue weighted by atomic mass is 10.2. The normalized spacial score (nSPS) is 16.9. The van der Waals surface area contributed by atoms with E-state index in [-0.39, 0.29) is 11.3 Å². The first-order valence-corrected chi connectivity index (χ1v) is 9.83. The zero-order valence-electron chi connectivity index (χ0n) is 14.9. The van der Waals surface area contributed by atoms with Crippen molar-refractivity contribution in [3.63, 3.8) is 0 Å². The van der Waals surface area contributed by atoms with Crippen LogP contribution in [0.4, 0.5) is 0 Å². The minimum atomic E-state index is -0.147. The number of rotatable bonds is 7. The van der Waals surface area contributed by atoms with Crippen LogP contribution >= 0.6 is 11.8 Å². The number of amides is 1.